The first-order valence-electron chi connectivity index (χ1n) is 2.28. The van der Waals surface area contributed by atoms with Crippen LogP contribution in [0.2, 0.25) is 0 Å². The Morgan fingerprint density at radius 2 is 1.67 bits per heavy atom. The van der Waals surface area contributed by atoms with Crippen LogP contribution < -0.4 is 14.7 Å². The average molecular weight is 259 g/mol. The van der Waals surface area contributed by atoms with Crippen molar-refractivity contribution < 1.29 is 50.5 Å². The molecule has 73 valence electrons. The minimum atomic E-state index is -5.54. The van der Waals surface area contributed by atoms with E-state index in [-0.39, 0.29) is 17.1 Å². The largest absolute Gasteiger partial charge is 3.00 e. The summed E-state index contributed by atoms with van der Waals surface area (Å²) < 4.78 is 23.8. The molecule has 2 atom stereocenters. The summed E-state index contributed by atoms with van der Waals surface area (Å²) in [7, 11) is -9.86. The van der Waals surface area contributed by atoms with Crippen LogP contribution in [0.5, 0.6) is 0 Å². The Balaban J connectivity index is 0. The van der Waals surface area contributed by atoms with Crippen LogP contribution in [0.3, 0.4) is 0 Å². The fourth-order valence-corrected chi connectivity index (χ4v) is 2.12. The maximum absolute atomic E-state index is 10.3. The van der Waals surface area contributed by atoms with E-state index >= 15 is 0 Å². The molecule has 0 spiro atoms. The van der Waals surface area contributed by atoms with E-state index in [0.29, 0.717) is 7.11 Å². The van der Waals surface area contributed by atoms with E-state index in [2.05, 4.69) is 4.52 Å². The van der Waals surface area contributed by atoms with Crippen molar-refractivity contribution in [1.82, 2.24) is 0 Å². The van der Waals surface area contributed by atoms with Crippen molar-refractivity contribution in [3.8, 4) is 0 Å². The van der Waals surface area contributed by atoms with Gasteiger partial charge in [0.15, 0.2) is 7.60 Å². The van der Waals surface area contributed by atoms with Gasteiger partial charge in [0.1, 0.15) is 5.59 Å². The fraction of sp³-hybridized carbons (Fsp3) is 1.00. The molecular formula is C2H5FeO7P2. The Bertz CT molecular complexity index is 221. The second-order valence-electron chi connectivity index (χ2n) is 1.61. The summed E-state index contributed by atoms with van der Waals surface area (Å²) in [6.45, 7) is 0. The minimum Gasteiger partial charge on any atom is -0.809 e. The van der Waals surface area contributed by atoms with Crippen molar-refractivity contribution in [2.75, 3.05) is 7.11 Å². The van der Waals surface area contributed by atoms with Gasteiger partial charge in [-0.25, -0.2) is 0 Å². The summed E-state index contributed by atoms with van der Waals surface area (Å²) in [5.41, 5.74) is -3.00. The zero-order valence-corrected chi connectivity index (χ0v) is 8.62. The predicted molar refractivity (Wildman–Crippen MR) is 28.2 cm³/mol. The SMILES string of the molecule is COP(=O)([O-])C(O)P(=O)([O-])[O-].[Fe+3]. The van der Waals surface area contributed by atoms with Crippen molar-refractivity contribution in [2.24, 2.45) is 0 Å². The van der Waals surface area contributed by atoms with E-state index in [9.17, 15) is 23.8 Å². The molecule has 0 aromatic heterocycles. The first-order chi connectivity index (χ1) is 4.72. The molecule has 0 aliphatic rings. The summed E-state index contributed by atoms with van der Waals surface area (Å²) in [5, 5.41) is 8.32. The zero-order chi connectivity index (χ0) is 9.28. The van der Waals surface area contributed by atoms with Gasteiger partial charge in [-0.2, -0.15) is 0 Å². The van der Waals surface area contributed by atoms with Crippen molar-refractivity contribution >= 4 is 15.2 Å². The summed E-state index contributed by atoms with van der Waals surface area (Å²) in [6, 6.07) is 0. The van der Waals surface area contributed by atoms with Gasteiger partial charge in [-0.05, 0) is 7.60 Å². The van der Waals surface area contributed by atoms with Crippen molar-refractivity contribution in [3.63, 3.8) is 0 Å². The molecule has 0 rings (SSSR count). The normalized spacial score (nSPS) is 19.1. The quantitative estimate of drug-likeness (QED) is 0.433. The van der Waals surface area contributed by atoms with E-state index in [1.807, 2.05) is 0 Å². The first-order valence-corrected chi connectivity index (χ1v) is 5.50. The van der Waals surface area contributed by atoms with Crippen LogP contribution in [0, 0.1) is 0 Å². The molecule has 1 N–H and O–H groups in total. The third-order valence-electron chi connectivity index (χ3n) is 0.820. The number of aliphatic hydroxyl groups is 1. The van der Waals surface area contributed by atoms with E-state index in [1.165, 1.54) is 0 Å². The molecule has 0 bridgehead atoms. The van der Waals surface area contributed by atoms with E-state index in [4.69, 9.17) is 5.11 Å². The van der Waals surface area contributed by atoms with Crippen molar-refractivity contribution in [3.05, 3.63) is 0 Å². The maximum atomic E-state index is 10.3. The molecule has 0 saturated carbocycles. The summed E-state index contributed by atoms with van der Waals surface area (Å²) in [4.78, 5) is 30.1. The van der Waals surface area contributed by atoms with Gasteiger partial charge in [0, 0.05) is 7.11 Å². The van der Waals surface area contributed by atoms with Gasteiger partial charge in [-0.3, -0.25) is 0 Å². The predicted octanol–water partition coefficient (Wildman–Crippen LogP) is -2.63. The molecule has 0 aromatic carbocycles. The van der Waals surface area contributed by atoms with Crippen LogP contribution in [-0.4, -0.2) is 17.8 Å². The molecule has 0 aliphatic carbocycles. The number of hydrogen-bond acceptors (Lipinski definition) is 7. The Labute approximate surface area is 78.9 Å². The first kappa shape index (κ1) is 15.3. The Morgan fingerprint density at radius 3 is 1.75 bits per heavy atom. The molecule has 0 aromatic rings. The molecule has 0 fully saturated rings. The summed E-state index contributed by atoms with van der Waals surface area (Å²) >= 11 is 0. The Kier molecular flexibility index (Phi) is 6.18. The molecule has 0 aliphatic heterocycles. The number of hydrogen-bond donors (Lipinski definition) is 1. The molecule has 7 nitrogen and oxygen atoms in total. The molecule has 1 radical (unpaired) electrons. The van der Waals surface area contributed by atoms with Crippen LogP contribution in [0.25, 0.3) is 0 Å². The minimum absolute atomic E-state index is 0. The van der Waals surface area contributed by atoms with Gasteiger partial charge < -0.3 is 33.4 Å². The van der Waals surface area contributed by atoms with Gasteiger partial charge in [0.05, 0.1) is 0 Å². The van der Waals surface area contributed by atoms with Crippen LogP contribution >= 0.6 is 15.2 Å². The van der Waals surface area contributed by atoms with Crippen LogP contribution in [-0.2, 0) is 30.7 Å². The standard InChI is InChI=1S/C2H8O7P2.Fe/c1-9-11(7,8)2(3)10(4,5)6;/h2-3H,1H3,(H,7,8)(H2,4,5,6);/q;+3/p-3. The molecular weight excluding hydrogens is 254 g/mol. The smallest absolute Gasteiger partial charge is 0.809 e. The van der Waals surface area contributed by atoms with Gasteiger partial charge in [0.25, 0.3) is 0 Å². The zero-order valence-electron chi connectivity index (χ0n) is 5.72. The molecule has 2 unspecified atom stereocenters. The number of aliphatic hydroxyl groups excluding tert-OH is 1. The second-order valence-corrected chi connectivity index (χ2v) is 5.52. The van der Waals surface area contributed by atoms with Crippen LogP contribution in [0.15, 0.2) is 0 Å². The summed E-state index contributed by atoms with van der Waals surface area (Å²) in [5.74, 6) is 0. The van der Waals surface area contributed by atoms with Gasteiger partial charge in [-0.1, -0.05) is 0 Å². The van der Waals surface area contributed by atoms with Crippen LogP contribution in [0.4, 0.5) is 0 Å². The number of rotatable bonds is 3. The van der Waals surface area contributed by atoms with E-state index < -0.39 is 20.8 Å². The third kappa shape index (κ3) is 4.14. The molecule has 0 amide bonds. The average Bonchev–Trinajstić information content (AvgIpc) is 1.84. The van der Waals surface area contributed by atoms with E-state index in [0.717, 1.165) is 0 Å². The Morgan fingerprint density at radius 1 is 1.33 bits per heavy atom. The van der Waals surface area contributed by atoms with Gasteiger partial charge >= 0.3 is 17.1 Å². The van der Waals surface area contributed by atoms with Gasteiger partial charge in [0.2, 0.25) is 0 Å². The Hall–Kier alpha value is 0.779. The molecule has 12 heavy (non-hydrogen) atoms. The third-order valence-corrected chi connectivity index (χ3v) is 4.16. The molecule has 0 saturated heterocycles. The summed E-state index contributed by atoms with van der Waals surface area (Å²) in [6.07, 6.45) is 0. The fourth-order valence-electron chi connectivity index (χ4n) is 0.267. The maximum Gasteiger partial charge on any atom is 3.00 e. The molecule has 0 heterocycles. The van der Waals surface area contributed by atoms with E-state index in [1.54, 1.807) is 0 Å². The van der Waals surface area contributed by atoms with Crippen molar-refractivity contribution in [1.29, 1.82) is 0 Å². The van der Waals surface area contributed by atoms with Crippen molar-refractivity contribution in [2.45, 2.75) is 5.59 Å². The molecule has 10 heteroatoms. The van der Waals surface area contributed by atoms with Gasteiger partial charge in [-0.15, -0.1) is 0 Å². The topological polar surface area (TPSA) is 133 Å². The van der Waals surface area contributed by atoms with Crippen LogP contribution in [0.1, 0.15) is 0 Å². The monoisotopic (exact) mass is 259 g/mol. The second kappa shape index (κ2) is 4.86.